The number of imidazole rings is 1. The number of para-hydroxylation sites is 2. The zero-order valence-corrected chi connectivity index (χ0v) is 14.9. The molecule has 1 unspecified atom stereocenters. The van der Waals surface area contributed by atoms with Crippen LogP contribution in [0.25, 0.3) is 11.0 Å². The summed E-state index contributed by atoms with van der Waals surface area (Å²) in [5, 5.41) is 1.90. The van der Waals surface area contributed by atoms with Crippen LogP contribution in [0.5, 0.6) is 0 Å². The lowest BCUT2D eigenvalue weighted by molar-refractivity contribution is -0.158. The van der Waals surface area contributed by atoms with E-state index < -0.39 is 24.0 Å². The Balaban J connectivity index is 2.09. The third-order valence-corrected chi connectivity index (χ3v) is 3.96. The molecule has 1 atom stereocenters. The van der Waals surface area contributed by atoms with E-state index >= 15 is 0 Å². The van der Waals surface area contributed by atoms with Gasteiger partial charge in [-0.2, -0.15) is 0 Å². The van der Waals surface area contributed by atoms with Gasteiger partial charge >= 0.3 is 17.7 Å². The van der Waals surface area contributed by atoms with Crippen LogP contribution >= 0.6 is 0 Å². The second kappa shape index (κ2) is 7.85. The molecule has 9 heteroatoms. The van der Waals surface area contributed by atoms with Gasteiger partial charge in [-0.3, -0.25) is 24.0 Å². The van der Waals surface area contributed by atoms with Crippen LogP contribution in [-0.2, 0) is 27.9 Å². The average Bonchev–Trinajstić information content (AvgIpc) is 2.81. The summed E-state index contributed by atoms with van der Waals surface area (Å²) >= 11 is 0. The maximum absolute atomic E-state index is 12.3. The summed E-state index contributed by atoms with van der Waals surface area (Å²) in [5.74, 6) is -1.77. The van der Waals surface area contributed by atoms with Gasteiger partial charge in [0.25, 0.3) is 5.91 Å². The molecule has 2 aromatic rings. The fraction of sp³-hybridized carbons (Fsp3) is 0.412. The molecule has 0 aliphatic rings. The van der Waals surface area contributed by atoms with Crippen molar-refractivity contribution in [2.45, 2.75) is 32.9 Å². The Morgan fingerprint density at radius 3 is 2.38 bits per heavy atom. The number of primary amides is 1. The molecule has 0 aliphatic heterocycles. The van der Waals surface area contributed by atoms with Crippen LogP contribution in [0, 0.1) is 5.92 Å². The Kier molecular flexibility index (Phi) is 5.81. The quantitative estimate of drug-likeness (QED) is 0.724. The summed E-state index contributed by atoms with van der Waals surface area (Å²) in [4.78, 5) is 47.2. The van der Waals surface area contributed by atoms with Crippen molar-refractivity contribution in [3.63, 3.8) is 0 Å². The Morgan fingerprint density at radius 2 is 1.81 bits per heavy atom. The fourth-order valence-corrected chi connectivity index (χ4v) is 2.67. The third kappa shape index (κ3) is 4.11. The summed E-state index contributed by atoms with van der Waals surface area (Å²) in [6, 6.07) is 6.22. The lowest BCUT2D eigenvalue weighted by Gasteiger charge is -2.19. The topological polar surface area (TPSA) is 125 Å². The van der Waals surface area contributed by atoms with Crippen LogP contribution in [0.3, 0.4) is 0 Å². The highest BCUT2D eigenvalue weighted by atomic mass is 16.5. The van der Waals surface area contributed by atoms with Gasteiger partial charge < -0.3 is 10.5 Å². The predicted octanol–water partition coefficient (Wildman–Crippen LogP) is 0.493. The van der Waals surface area contributed by atoms with Crippen molar-refractivity contribution in [2.75, 3.05) is 0 Å². The van der Waals surface area contributed by atoms with Crippen molar-refractivity contribution in [1.82, 2.24) is 14.5 Å². The van der Waals surface area contributed by atoms with E-state index in [0.717, 1.165) is 5.52 Å². The number of aromatic nitrogens is 2. The first-order chi connectivity index (χ1) is 12.2. The van der Waals surface area contributed by atoms with Crippen LogP contribution in [0.15, 0.2) is 29.1 Å². The minimum Gasteiger partial charge on any atom is -0.452 e. The second-order valence-electron chi connectivity index (χ2n) is 6.24. The Hall–Kier alpha value is -3.10. The van der Waals surface area contributed by atoms with Crippen LogP contribution in [-0.4, -0.2) is 33.1 Å². The molecule has 3 amide bonds. The number of hydrogen-bond donors (Lipinski definition) is 2. The summed E-state index contributed by atoms with van der Waals surface area (Å²) < 4.78 is 8.15. The van der Waals surface area contributed by atoms with E-state index in [9.17, 15) is 19.2 Å². The number of ether oxygens (including phenoxy) is 1. The lowest BCUT2D eigenvalue weighted by Crippen LogP contribution is -2.45. The molecule has 2 rings (SSSR count). The van der Waals surface area contributed by atoms with E-state index in [1.807, 2.05) is 17.4 Å². The van der Waals surface area contributed by atoms with Crippen molar-refractivity contribution in [3.8, 4) is 0 Å². The first kappa shape index (κ1) is 19.2. The number of amides is 3. The number of benzene rings is 1. The maximum atomic E-state index is 12.3. The van der Waals surface area contributed by atoms with Gasteiger partial charge in [-0.05, 0) is 18.1 Å². The van der Waals surface area contributed by atoms with E-state index in [2.05, 4.69) is 0 Å². The number of urea groups is 1. The van der Waals surface area contributed by atoms with Gasteiger partial charge in [0.05, 0.1) is 17.5 Å². The number of nitrogens with zero attached hydrogens (tertiary/aromatic N) is 2. The molecule has 26 heavy (non-hydrogen) atoms. The average molecular weight is 362 g/mol. The summed E-state index contributed by atoms with van der Waals surface area (Å²) in [5.41, 5.74) is 6.14. The van der Waals surface area contributed by atoms with E-state index in [0.29, 0.717) is 5.52 Å². The normalized spacial score (nSPS) is 12.2. The van der Waals surface area contributed by atoms with Crippen LogP contribution in [0.2, 0.25) is 0 Å². The fourth-order valence-electron chi connectivity index (χ4n) is 2.67. The zero-order valence-electron chi connectivity index (χ0n) is 14.9. The first-order valence-corrected chi connectivity index (χ1v) is 8.16. The van der Waals surface area contributed by atoms with E-state index in [1.54, 1.807) is 33.0 Å². The molecule has 140 valence electrons. The van der Waals surface area contributed by atoms with E-state index in [4.69, 9.17) is 10.5 Å². The van der Waals surface area contributed by atoms with Crippen LogP contribution in [0.1, 0.15) is 20.3 Å². The molecule has 1 heterocycles. The third-order valence-electron chi connectivity index (χ3n) is 3.96. The number of aryl methyl sites for hydroxylation is 2. The smallest absolute Gasteiger partial charge is 0.328 e. The van der Waals surface area contributed by atoms with Crippen LogP contribution < -0.4 is 16.7 Å². The van der Waals surface area contributed by atoms with Gasteiger partial charge in [0.1, 0.15) is 0 Å². The molecule has 0 spiro atoms. The van der Waals surface area contributed by atoms with Crippen molar-refractivity contribution in [2.24, 2.45) is 18.7 Å². The molecular formula is C17H22N4O5. The summed E-state index contributed by atoms with van der Waals surface area (Å²) in [6.07, 6.45) is -1.24. The summed E-state index contributed by atoms with van der Waals surface area (Å²) in [7, 11) is 1.66. The van der Waals surface area contributed by atoms with Crippen molar-refractivity contribution in [1.29, 1.82) is 0 Å². The van der Waals surface area contributed by atoms with Crippen molar-refractivity contribution in [3.05, 3.63) is 34.7 Å². The molecular weight excluding hydrogens is 340 g/mol. The maximum Gasteiger partial charge on any atom is 0.328 e. The molecule has 0 saturated carbocycles. The van der Waals surface area contributed by atoms with Gasteiger partial charge in [-0.1, -0.05) is 26.0 Å². The van der Waals surface area contributed by atoms with Crippen molar-refractivity contribution < 1.29 is 19.1 Å². The minimum absolute atomic E-state index is 0.0962. The van der Waals surface area contributed by atoms with Gasteiger partial charge in [0, 0.05) is 13.6 Å². The number of rotatable bonds is 6. The number of nitrogens with one attached hydrogen (secondary N) is 1. The second-order valence-corrected chi connectivity index (χ2v) is 6.24. The minimum atomic E-state index is -1.14. The number of carbonyl (C=O) groups is 3. The predicted molar refractivity (Wildman–Crippen MR) is 94.2 cm³/mol. The number of imide groups is 1. The highest BCUT2D eigenvalue weighted by Gasteiger charge is 2.27. The molecule has 0 radical (unpaired) electrons. The Morgan fingerprint density at radius 1 is 1.19 bits per heavy atom. The number of fused-ring (bicyclic) bond motifs is 1. The monoisotopic (exact) mass is 362 g/mol. The SMILES string of the molecule is CC(C)C(OC(=O)CCn1c(=O)n(C)c2ccccc21)C(=O)NC(N)=O. The lowest BCUT2D eigenvalue weighted by atomic mass is 10.1. The molecule has 0 saturated heterocycles. The van der Waals surface area contributed by atoms with Crippen molar-refractivity contribution >= 4 is 28.9 Å². The molecule has 1 aromatic carbocycles. The molecule has 1 aromatic heterocycles. The van der Waals surface area contributed by atoms with E-state index in [1.165, 1.54) is 9.13 Å². The number of nitrogens with two attached hydrogens (primary N) is 1. The van der Waals surface area contributed by atoms with Gasteiger partial charge in [0.15, 0.2) is 6.10 Å². The molecule has 9 nitrogen and oxygen atoms in total. The molecule has 3 N–H and O–H groups in total. The Bertz CT molecular complexity index is 896. The number of esters is 1. The number of hydrogen-bond acceptors (Lipinski definition) is 5. The van der Waals surface area contributed by atoms with Gasteiger partial charge in [-0.15, -0.1) is 0 Å². The van der Waals surface area contributed by atoms with E-state index in [-0.39, 0.29) is 24.6 Å². The highest BCUT2D eigenvalue weighted by molar-refractivity contribution is 5.96. The number of carbonyl (C=O) groups excluding carboxylic acids is 3. The largest absolute Gasteiger partial charge is 0.452 e. The first-order valence-electron chi connectivity index (χ1n) is 8.16. The van der Waals surface area contributed by atoms with Crippen LogP contribution in [0.4, 0.5) is 4.79 Å². The molecule has 0 bridgehead atoms. The molecule has 0 aliphatic carbocycles. The zero-order chi connectivity index (χ0) is 19.4. The Labute approximate surface area is 149 Å². The van der Waals surface area contributed by atoms with Gasteiger partial charge in [-0.25, -0.2) is 9.59 Å². The van der Waals surface area contributed by atoms with Gasteiger partial charge in [0.2, 0.25) is 0 Å². The summed E-state index contributed by atoms with van der Waals surface area (Å²) in [6.45, 7) is 3.46. The standard InChI is InChI=1S/C17H22N4O5/c1-10(2)14(15(23)19-16(18)24)26-13(22)8-9-21-12-7-5-4-6-11(12)20(3)17(21)25/h4-7,10,14H,8-9H2,1-3H3,(H3,18,19,23,24). The highest BCUT2D eigenvalue weighted by Crippen LogP contribution is 2.13. The molecule has 0 fully saturated rings.